The minimum absolute atomic E-state index is 0.0470. The van der Waals surface area contributed by atoms with E-state index in [0.29, 0.717) is 5.39 Å². The van der Waals surface area contributed by atoms with Crippen LogP contribution >= 0.6 is 22.7 Å². The summed E-state index contributed by atoms with van der Waals surface area (Å²) in [7, 11) is 0. The van der Waals surface area contributed by atoms with E-state index in [2.05, 4.69) is 22.2 Å². The van der Waals surface area contributed by atoms with Gasteiger partial charge in [0.05, 0.1) is 18.5 Å². The first kappa shape index (κ1) is 17.3. The Morgan fingerprint density at radius 1 is 1.42 bits per heavy atom. The molecule has 3 rings (SSSR count). The van der Waals surface area contributed by atoms with Gasteiger partial charge >= 0.3 is 0 Å². The molecule has 3 aromatic heterocycles. The molecule has 0 saturated heterocycles. The van der Waals surface area contributed by atoms with E-state index < -0.39 is 0 Å². The first-order chi connectivity index (χ1) is 11.7. The van der Waals surface area contributed by atoms with E-state index in [1.54, 1.807) is 11.3 Å². The van der Waals surface area contributed by atoms with Crippen molar-refractivity contribution in [2.45, 2.75) is 26.3 Å². The van der Waals surface area contributed by atoms with Crippen LogP contribution in [0.1, 0.15) is 32.1 Å². The molecular formula is C17H22N3O2S2+. The van der Waals surface area contributed by atoms with E-state index in [1.165, 1.54) is 11.3 Å². The molecule has 0 aliphatic carbocycles. The topological polar surface area (TPSA) is 71.6 Å². The molecule has 0 spiro atoms. The van der Waals surface area contributed by atoms with Crippen LogP contribution in [0.3, 0.4) is 0 Å². The van der Waals surface area contributed by atoms with Gasteiger partial charge in [-0.1, -0.05) is 6.07 Å². The Morgan fingerprint density at radius 2 is 2.29 bits per heavy atom. The van der Waals surface area contributed by atoms with Crippen LogP contribution in [-0.4, -0.2) is 29.7 Å². The third kappa shape index (κ3) is 3.75. The highest BCUT2D eigenvalue weighted by molar-refractivity contribution is 7.18. The highest BCUT2D eigenvalue weighted by Crippen LogP contribution is 2.33. The van der Waals surface area contributed by atoms with Gasteiger partial charge < -0.3 is 15.0 Å². The fourth-order valence-electron chi connectivity index (χ4n) is 2.60. The summed E-state index contributed by atoms with van der Waals surface area (Å²) in [6.07, 6.45) is 0.992. The Labute approximate surface area is 148 Å². The minimum Gasteiger partial charge on any atom is -0.382 e. The standard InChI is InChI=1S/C17H21N3O2S2/c1-3-22-8-5-7-18-11(2)15-19-16(21)14-12(10-24-17(14)20-15)13-6-4-9-23-13/h4,6,9-11,18H,3,5,7-8H2,1-2H3,(H,19,20,21)/p+1/t11-/m1/s1. The van der Waals surface area contributed by atoms with Crippen molar-refractivity contribution in [3.05, 3.63) is 39.1 Å². The fourth-order valence-corrected chi connectivity index (χ4v) is 4.37. The molecular weight excluding hydrogens is 342 g/mol. The second kappa shape index (κ2) is 8.02. The van der Waals surface area contributed by atoms with Crippen LogP contribution in [0.5, 0.6) is 0 Å². The number of nitrogens with one attached hydrogen (secondary N) is 1. The summed E-state index contributed by atoms with van der Waals surface area (Å²) in [6, 6.07) is 4.16. The van der Waals surface area contributed by atoms with Crippen molar-refractivity contribution in [1.29, 1.82) is 0 Å². The van der Waals surface area contributed by atoms with Gasteiger partial charge in [-0.2, -0.15) is 0 Å². The van der Waals surface area contributed by atoms with Crippen LogP contribution in [-0.2, 0) is 4.74 Å². The van der Waals surface area contributed by atoms with Gasteiger partial charge in [0, 0.05) is 28.8 Å². The predicted octanol–water partition coefficient (Wildman–Crippen LogP) is 2.76. The number of aromatic nitrogens is 2. The van der Waals surface area contributed by atoms with Crippen molar-refractivity contribution in [2.24, 2.45) is 0 Å². The van der Waals surface area contributed by atoms with E-state index in [0.717, 1.165) is 47.3 Å². The Balaban J connectivity index is 1.78. The van der Waals surface area contributed by atoms with E-state index in [4.69, 9.17) is 4.74 Å². The summed E-state index contributed by atoms with van der Waals surface area (Å²) < 4.78 is 5.35. The molecule has 128 valence electrons. The van der Waals surface area contributed by atoms with Crippen molar-refractivity contribution >= 4 is 32.9 Å². The first-order valence-electron chi connectivity index (χ1n) is 8.17. The lowest BCUT2D eigenvalue weighted by Crippen LogP contribution is -2.85. The molecule has 0 unspecified atom stereocenters. The maximum Gasteiger partial charge on any atom is 0.260 e. The molecule has 0 aliphatic heterocycles. The van der Waals surface area contributed by atoms with Crippen LogP contribution in [0.15, 0.2) is 27.7 Å². The molecule has 5 nitrogen and oxygen atoms in total. The van der Waals surface area contributed by atoms with Gasteiger partial charge in [-0.05, 0) is 25.3 Å². The monoisotopic (exact) mass is 364 g/mol. The largest absolute Gasteiger partial charge is 0.382 e. The maximum atomic E-state index is 12.6. The lowest BCUT2D eigenvalue weighted by molar-refractivity contribution is -0.694. The van der Waals surface area contributed by atoms with Gasteiger partial charge in [0.1, 0.15) is 10.9 Å². The van der Waals surface area contributed by atoms with Crippen molar-refractivity contribution in [3.8, 4) is 10.4 Å². The Kier molecular flexibility index (Phi) is 5.78. The van der Waals surface area contributed by atoms with Crippen molar-refractivity contribution in [2.75, 3.05) is 19.8 Å². The molecule has 0 saturated carbocycles. The first-order valence-corrected chi connectivity index (χ1v) is 9.93. The smallest absolute Gasteiger partial charge is 0.260 e. The molecule has 0 aliphatic rings. The number of aromatic amines is 1. The number of thiophene rings is 2. The van der Waals surface area contributed by atoms with E-state index in [1.807, 2.05) is 29.8 Å². The number of quaternary nitrogens is 1. The molecule has 3 N–H and O–H groups in total. The van der Waals surface area contributed by atoms with E-state index in [-0.39, 0.29) is 11.6 Å². The lowest BCUT2D eigenvalue weighted by Gasteiger charge is -2.10. The van der Waals surface area contributed by atoms with Gasteiger partial charge in [0.15, 0.2) is 5.82 Å². The molecule has 0 aromatic carbocycles. The zero-order valence-electron chi connectivity index (χ0n) is 13.9. The Hall–Kier alpha value is -1.54. The van der Waals surface area contributed by atoms with E-state index >= 15 is 0 Å². The fraction of sp³-hybridized carbons (Fsp3) is 0.412. The summed E-state index contributed by atoms with van der Waals surface area (Å²) in [5.74, 6) is 0.739. The van der Waals surface area contributed by atoms with Gasteiger partial charge in [-0.3, -0.25) is 4.79 Å². The molecule has 7 heteroatoms. The molecule has 1 atom stereocenters. The van der Waals surface area contributed by atoms with Gasteiger partial charge in [-0.15, -0.1) is 22.7 Å². The highest BCUT2D eigenvalue weighted by Gasteiger charge is 2.17. The van der Waals surface area contributed by atoms with Crippen LogP contribution in [0.25, 0.3) is 20.7 Å². The number of nitrogens with zero attached hydrogens (tertiary/aromatic N) is 1. The summed E-state index contributed by atoms with van der Waals surface area (Å²) in [5, 5.41) is 6.94. The number of hydrogen-bond acceptors (Lipinski definition) is 5. The zero-order chi connectivity index (χ0) is 16.9. The predicted molar refractivity (Wildman–Crippen MR) is 99.9 cm³/mol. The molecule has 0 amide bonds. The summed E-state index contributed by atoms with van der Waals surface area (Å²) >= 11 is 3.17. The van der Waals surface area contributed by atoms with Gasteiger partial charge in [0.2, 0.25) is 0 Å². The average molecular weight is 365 g/mol. The van der Waals surface area contributed by atoms with Crippen molar-refractivity contribution in [3.63, 3.8) is 0 Å². The summed E-state index contributed by atoms with van der Waals surface area (Å²) in [5.41, 5.74) is 0.938. The average Bonchev–Trinajstić information content (AvgIpc) is 3.23. The quantitative estimate of drug-likeness (QED) is 0.604. The van der Waals surface area contributed by atoms with Crippen LogP contribution in [0.4, 0.5) is 0 Å². The molecule has 24 heavy (non-hydrogen) atoms. The maximum absolute atomic E-state index is 12.6. The minimum atomic E-state index is -0.0470. The molecule has 0 bridgehead atoms. The van der Waals surface area contributed by atoms with Gasteiger partial charge in [-0.25, -0.2) is 4.98 Å². The van der Waals surface area contributed by atoms with Crippen LogP contribution in [0, 0.1) is 0 Å². The number of fused-ring (bicyclic) bond motifs is 1. The third-order valence-electron chi connectivity index (χ3n) is 3.90. The van der Waals surface area contributed by atoms with E-state index in [9.17, 15) is 4.79 Å². The van der Waals surface area contributed by atoms with Crippen molar-refractivity contribution < 1.29 is 10.1 Å². The number of nitrogens with two attached hydrogens (primary N) is 1. The van der Waals surface area contributed by atoms with Crippen LogP contribution in [0.2, 0.25) is 0 Å². The number of ether oxygens (including phenoxy) is 1. The second-order valence-electron chi connectivity index (χ2n) is 5.62. The highest BCUT2D eigenvalue weighted by atomic mass is 32.1. The zero-order valence-corrected chi connectivity index (χ0v) is 15.5. The molecule has 0 fully saturated rings. The molecule has 3 heterocycles. The number of rotatable bonds is 8. The normalized spacial score (nSPS) is 12.8. The van der Waals surface area contributed by atoms with Crippen LogP contribution < -0.4 is 10.9 Å². The molecule has 0 radical (unpaired) electrons. The summed E-state index contributed by atoms with van der Waals surface area (Å²) in [4.78, 5) is 22.2. The Morgan fingerprint density at radius 3 is 3.04 bits per heavy atom. The van der Waals surface area contributed by atoms with Crippen molar-refractivity contribution in [1.82, 2.24) is 9.97 Å². The van der Waals surface area contributed by atoms with Gasteiger partial charge in [0.25, 0.3) is 5.56 Å². The number of hydrogen-bond donors (Lipinski definition) is 2. The SMILES string of the molecule is CCOCCC[NH2+][C@H](C)c1nc2scc(-c3cccs3)c2c(=O)[nH]1. The molecule has 3 aromatic rings. The number of H-pyrrole nitrogens is 1. The third-order valence-corrected chi connectivity index (χ3v) is 5.67. The second-order valence-corrected chi connectivity index (χ2v) is 7.43. The lowest BCUT2D eigenvalue weighted by atomic mass is 10.2. The summed E-state index contributed by atoms with van der Waals surface area (Å²) in [6.45, 7) is 6.55. The Bertz CT molecular complexity index is 839.